The zero-order chi connectivity index (χ0) is 17.1. The van der Waals surface area contributed by atoms with Gasteiger partial charge in [-0.3, -0.25) is 4.79 Å². The quantitative estimate of drug-likeness (QED) is 0.735. The van der Waals surface area contributed by atoms with Crippen LogP contribution < -0.4 is 5.32 Å². The summed E-state index contributed by atoms with van der Waals surface area (Å²) in [5.74, 6) is -0.146. The van der Waals surface area contributed by atoms with Crippen molar-refractivity contribution in [2.45, 2.75) is 0 Å². The van der Waals surface area contributed by atoms with Gasteiger partial charge in [-0.2, -0.15) is 5.10 Å². The molecule has 4 rings (SSSR count). The molecule has 1 saturated heterocycles. The molecule has 25 heavy (non-hydrogen) atoms. The van der Waals surface area contributed by atoms with Gasteiger partial charge in [0.1, 0.15) is 0 Å². The summed E-state index contributed by atoms with van der Waals surface area (Å²) in [6.07, 6.45) is 5.45. The fourth-order valence-corrected chi connectivity index (χ4v) is 3.23. The van der Waals surface area contributed by atoms with Crippen LogP contribution in [-0.4, -0.2) is 20.9 Å². The molecule has 0 spiro atoms. The van der Waals surface area contributed by atoms with Gasteiger partial charge in [0.25, 0.3) is 5.91 Å². The Morgan fingerprint density at radius 2 is 1.76 bits per heavy atom. The number of thioether (sulfide) groups is 1. The Labute approximate surface area is 149 Å². The van der Waals surface area contributed by atoms with E-state index in [4.69, 9.17) is 0 Å². The Morgan fingerprint density at radius 3 is 2.52 bits per heavy atom. The number of hydrogen-bond acceptors (Lipinski definition) is 4. The third-order valence-corrected chi connectivity index (χ3v) is 4.47. The number of amides is 1. The van der Waals surface area contributed by atoms with Gasteiger partial charge in [-0.1, -0.05) is 36.4 Å². The maximum absolute atomic E-state index is 12.1. The molecule has 1 amide bonds. The minimum absolute atomic E-state index is 0.146. The summed E-state index contributed by atoms with van der Waals surface area (Å²) in [4.78, 5) is 17.2. The molecule has 0 aliphatic carbocycles. The standard InChI is InChI=1S/C19H14N4OS/c24-18-17(25-19(22-18)21-15-7-3-1-4-8-15)11-14-12-20-23(13-14)16-9-5-2-6-10-16/h1-13H,(H,21,22,24)/b17-11-. The van der Waals surface area contributed by atoms with Gasteiger partial charge in [0, 0.05) is 11.8 Å². The van der Waals surface area contributed by atoms with Crippen molar-refractivity contribution in [3.63, 3.8) is 0 Å². The number of aliphatic imine (C=N–C) groups is 1. The topological polar surface area (TPSA) is 59.3 Å². The van der Waals surface area contributed by atoms with Gasteiger partial charge in [0.2, 0.25) is 0 Å². The van der Waals surface area contributed by atoms with Crippen LogP contribution in [0.3, 0.4) is 0 Å². The Hall–Kier alpha value is -3.12. The molecule has 1 N–H and O–H groups in total. The van der Waals surface area contributed by atoms with Crippen LogP contribution >= 0.6 is 11.8 Å². The van der Waals surface area contributed by atoms with E-state index in [1.165, 1.54) is 11.8 Å². The predicted molar refractivity (Wildman–Crippen MR) is 101 cm³/mol. The minimum Gasteiger partial charge on any atom is -0.300 e. The first kappa shape index (κ1) is 15.4. The smallest absolute Gasteiger partial charge is 0.264 e. The lowest BCUT2D eigenvalue weighted by atomic mass is 10.3. The zero-order valence-corrected chi connectivity index (χ0v) is 14.0. The third kappa shape index (κ3) is 3.54. The first-order chi connectivity index (χ1) is 12.3. The van der Waals surface area contributed by atoms with Crippen LogP contribution in [0.4, 0.5) is 5.69 Å². The number of nitrogens with zero attached hydrogens (tertiary/aromatic N) is 3. The fraction of sp³-hybridized carbons (Fsp3) is 0. The number of para-hydroxylation sites is 2. The van der Waals surface area contributed by atoms with Crippen LogP contribution in [0, 0.1) is 0 Å². The van der Waals surface area contributed by atoms with Crippen LogP contribution in [0.25, 0.3) is 11.8 Å². The molecular weight excluding hydrogens is 332 g/mol. The molecule has 0 saturated carbocycles. The van der Waals surface area contributed by atoms with Crippen LogP contribution in [-0.2, 0) is 4.79 Å². The lowest BCUT2D eigenvalue weighted by molar-refractivity contribution is -0.115. The molecule has 1 aromatic heterocycles. The van der Waals surface area contributed by atoms with Gasteiger partial charge >= 0.3 is 0 Å². The largest absolute Gasteiger partial charge is 0.300 e. The molecule has 0 unspecified atom stereocenters. The van der Waals surface area contributed by atoms with Crippen molar-refractivity contribution in [2.24, 2.45) is 4.99 Å². The lowest BCUT2D eigenvalue weighted by Crippen LogP contribution is -2.19. The number of nitrogens with one attached hydrogen (secondary N) is 1. The molecule has 2 aromatic carbocycles. The molecule has 0 atom stereocenters. The van der Waals surface area contributed by atoms with E-state index in [1.54, 1.807) is 10.9 Å². The Balaban J connectivity index is 1.55. The average Bonchev–Trinajstić information content (AvgIpc) is 3.24. The lowest BCUT2D eigenvalue weighted by Gasteiger charge is -1.98. The van der Waals surface area contributed by atoms with Crippen molar-refractivity contribution in [1.29, 1.82) is 0 Å². The summed E-state index contributed by atoms with van der Waals surface area (Å²) in [6.45, 7) is 0. The monoisotopic (exact) mass is 346 g/mol. The van der Waals surface area contributed by atoms with Gasteiger partial charge in [-0.25, -0.2) is 9.67 Å². The summed E-state index contributed by atoms with van der Waals surface area (Å²) in [5, 5.41) is 7.71. The number of aromatic nitrogens is 2. The first-order valence-corrected chi connectivity index (χ1v) is 8.54. The predicted octanol–water partition coefficient (Wildman–Crippen LogP) is 3.76. The van der Waals surface area contributed by atoms with Gasteiger partial charge in [-0.05, 0) is 42.1 Å². The molecule has 3 aromatic rings. The summed E-state index contributed by atoms with van der Waals surface area (Å²) in [7, 11) is 0. The molecular formula is C19H14N4OS. The molecule has 2 heterocycles. The number of amidine groups is 1. The van der Waals surface area contributed by atoms with E-state index < -0.39 is 0 Å². The van der Waals surface area contributed by atoms with Crippen molar-refractivity contribution in [2.75, 3.05) is 0 Å². The van der Waals surface area contributed by atoms with E-state index in [-0.39, 0.29) is 5.91 Å². The maximum atomic E-state index is 12.1. The highest BCUT2D eigenvalue weighted by molar-refractivity contribution is 8.18. The van der Waals surface area contributed by atoms with E-state index >= 15 is 0 Å². The van der Waals surface area contributed by atoms with Crippen molar-refractivity contribution < 1.29 is 4.79 Å². The highest BCUT2D eigenvalue weighted by atomic mass is 32.2. The van der Waals surface area contributed by atoms with Gasteiger partial charge in [-0.15, -0.1) is 0 Å². The Bertz CT molecular complexity index is 961. The fourth-order valence-electron chi connectivity index (χ4n) is 2.38. The third-order valence-electron chi connectivity index (χ3n) is 3.56. The van der Waals surface area contributed by atoms with Crippen LogP contribution in [0.15, 0.2) is 83.0 Å². The van der Waals surface area contributed by atoms with Crippen molar-refractivity contribution in [3.8, 4) is 5.69 Å². The van der Waals surface area contributed by atoms with E-state index in [9.17, 15) is 4.79 Å². The van der Waals surface area contributed by atoms with Crippen molar-refractivity contribution >= 4 is 34.6 Å². The molecule has 0 radical (unpaired) electrons. The second-order valence-electron chi connectivity index (χ2n) is 5.37. The van der Waals surface area contributed by atoms with Crippen LogP contribution in [0.1, 0.15) is 5.56 Å². The Kier molecular flexibility index (Phi) is 4.18. The highest BCUT2D eigenvalue weighted by Gasteiger charge is 2.23. The van der Waals surface area contributed by atoms with Gasteiger partial charge in [0.15, 0.2) is 5.17 Å². The number of carbonyl (C=O) groups is 1. The number of benzene rings is 2. The van der Waals surface area contributed by atoms with Gasteiger partial charge in [0.05, 0.1) is 22.5 Å². The second-order valence-corrected chi connectivity index (χ2v) is 6.40. The first-order valence-electron chi connectivity index (χ1n) is 7.73. The average molecular weight is 346 g/mol. The normalized spacial score (nSPS) is 17.2. The molecule has 1 fully saturated rings. The van der Waals surface area contributed by atoms with E-state index in [2.05, 4.69) is 15.4 Å². The maximum Gasteiger partial charge on any atom is 0.264 e. The van der Waals surface area contributed by atoms with Crippen LogP contribution in [0.2, 0.25) is 0 Å². The van der Waals surface area contributed by atoms with Crippen molar-refractivity contribution in [1.82, 2.24) is 15.1 Å². The zero-order valence-electron chi connectivity index (χ0n) is 13.2. The summed E-state index contributed by atoms with van der Waals surface area (Å²) < 4.78 is 1.78. The van der Waals surface area contributed by atoms with Crippen molar-refractivity contribution in [3.05, 3.63) is 83.5 Å². The van der Waals surface area contributed by atoms with E-state index in [1.807, 2.05) is 72.9 Å². The molecule has 6 heteroatoms. The highest BCUT2D eigenvalue weighted by Crippen LogP contribution is 2.28. The number of rotatable bonds is 3. The number of carbonyl (C=O) groups excluding carboxylic acids is 1. The van der Waals surface area contributed by atoms with E-state index in [0.717, 1.165) is 16.9 Å². The minimum atomic E-state index is -0.146. The molecule has 1 aliphatic rings. The summed E-state index contributed by atoms with van der Waals surface area (Å²) in [5.41, 5.74) is 2.65. The molecule has 5 nitrogen and oxygen atoms in total. The number of hydrogen-bond donors (Lipinski definition) is 1. The summed E-state index contributed by atoms with van der Waals surface area (Å²) in [6, 6.07) is 19.4. The molecule has 0 bridgehead atoms. The van der Waals surface area contributed by atoms with E-state index in [0.29, 0.717) is 10.1 Å². The molecule has 1 aliphatic heterocycles. The van der Waals surface area contributed by atoms with Gasteiger partial charge < -0.3 is 5.32 Å². The molecule has 122 valence electrons. The summed E-state index contributed by atoms with van der Waals surface area (Å²) >= 11 is 1.33. The van der Waals surface area contributed by atoms with Crippen LogP contribution in [0.5, 0.6) is 0 Å². The SMILES string of the molecule is O=C1NC(=Nc2ccccc2)S/C1=C\c1cnn(-c2ccccc2)c1. The Morgan fingerprint density at radius 1 is 1.04 bits per heavy atom. The second kappa shape index (κ2) is 6.78.